The van der Waals surface area contributed by atoms with Crippen LogP contribution in [0.3, 0.4) is 0 Å². The molecule has 0 unspecified atom stereocenters. The zero-order valence-electron chi connectivity index (χ0n) is 15.5. The summed E-state index contributed by atoms with van der Waals surface area (Å²) in [6.07, 6.45) is 0. The highest BCUT2D eigenvalue weighted by molar-refractivity contribution is 5.89. The summed E-state index contributed by atoms with van der Waals surface area (Å²) >= 11 is 0. The van der Waals surface area contributed by atoms with E-state index >= 15 is 0 Å². The second-order valence-corrected chi connectivity index (χ2v) is 5.43. The van der Waals surface area contributed by atoms with Crippen LogP contribution in [0, 0.1) is 0 Å². The fraction of sp³-hybridized carbons (Fsp3) is 0.611. The molecule has 25 heavy (non-hydrogen) atoms. The first-order valence-electron chi connectivity index (χ1n) is 8.43. The molecule has 0 aliphatic carbocycles. The molecule has 0 bridgehead atoms. The summed E-state index contributed by atoms with van der Waals surface area (Å²) in [6.45, 7) is 6.43. The normalized spacial score (nSPS) is 10.7. The van der Waals surface area contributed by atoms with Crippen molar-refractivity contribution in [1.29, 1.82) is 0 Å². The second kappa shape index (κ2) is 13.6. The summed E-state index contributed by atoms with van der Waals surface area (Å²) in [5.41, 5.74) is 1.78. The molecule has 7 nitrogen and oxygen atoms in total. The number of carbonyl (C=O) groups excluding carboxylic acids is 1. The highest BCUT2D eigenvalue weighted by Gasteiger charge is 2.08. The number of anilines is 2. The van der Waals surface area contributed by atoms with Crippen molar-refractivity contribution < 1.29 is 23.7 Å². The molecule has 1 N–H and O–H groups in total. The third-order valence-corrected chi connectivity index (χ3v) is 3.41. The molecule has 0 radical (unpaired) electrons. The van der Waals surface area contributed by atoms with E-state index in [2.05, 4.69) is 10.2 Å². The Hall–Kier alpha value is -1.67. The SMILES string of the molecule is COCCOCCN(CCOCCOC)c1cccc(NC(C)=O)c1. The Kier molecular flexibility index (Phi) is 11.6. The topological polar surface area (TPSA) is 69.3 Å². The molecule has 1 aromatic rings. The molecule has 0 saturated carbocycles. The number of nitrogens with one attached hydrogen (secondary N) is 1. The fourth-order valence-corrected chi connectivity index (χ4v) is 2.19. The quantitative estimate of drug-likeness (QED) is 0.514. The molecule has 0 aliphatic heterocycles. The maximum Gasteiger partial charge on any atom is 0.221 e. The van der Waals surface area contributed by atoms with Crippen molar-refractivity contribution in [2.75, 3.05) is 77.2 Å². The van der Waals surface area contributed by atoms with Gasteiger partial charge in [0, 0.05) is 45.6 Å². The van der Waals surface area contributed by atoms with Gasteiger partial charge >= 0.3 is 0 Å². The Bertz CT molecular complexity index is 470. The standard InChI is InChI=1S/C18H30N2O5/c1-16(21)19-17-5-4-6-18(15-17)20(7-9-24-13-11-22-2)8-10-25-14-12-23-3/h4-6,15H,7-14H2,1-3H3,(H,19,21). The van der Waals surface area contributed by atoms with Gasteiger partial charge in [-0.3, -0.25) is 4.79 Å². The average Bonchev–Trinajstić information content (AvgIpc) is 2.59. The molecule has 0 aromatic heterocycles. The van der Waals surface area contributed by atoms with E-state index in [0.29, 0.717) is 39.6 Å². The van der Waals surface area contributed by atoms with Crippen molar-refractivity contribution in [1.82, 2.24) is 0 Å². The van der Waals surface area contributed by atoms with E-state index in [4.69, 9.17) is 18.9 Å². The number of carbonyl (C=O) groups is 1. The molecule has 142 valence electrons. The fourth-order valence-electron chi connectivity index (χ4n) is 2.19. The van der Waals surface area contributed by atoms with Crippen LogP contribution in [0.25, 0.3) is 0 Å². The zero-order chi connectivity index (χ0) is 18.3. The molecule has 0 heterocycles. The number of nitrogens with zero attached hydrogens (tertiary/aromatic N) is 1. The Morgan fingerprint density at radius 1 is 0.960 bits per heavy atom. The van der Waals surface area contributed by atoms with Gasteiger partial charge in [0.25, 0.3) is 0 Å². The van der Waals surface area contributed by atoms with E-state index < -0.39 is 0 Å². The maximum atomic E-state index is 11.3. The lowest BCUT2D eigenvalue weighted by Gasteiger charge is -2.25. The summed E-state index contributed by atoms with van der Waals surface area (Å²) in [5.74, 6) is -0.0884. The van der Waals surface area contributed by atoms with Crippen molar-refractivity contribution in [3.8, 4) is 0 Å². The van der Waals surface area contributed by atoms with Gasteiger partial charge < -0.3 is 29.2 Å². The van der Waals surface area contributed by atoms with E-state index in [1.165, 1.54) is 6.92 Å². The first-order valence-corrected chi connectivity index (χ1v) is 8.43. The maximum absolute atomic E-state index is 11.3. The lowest BCUT2D eigenvalue weighted by Crippen LogP contribution is -2.31. The van der Waals surface area contributed by atoms with Crippen LogP contribution >= 0.6 is 0 Å². The molecular weight excluding hydrogens is 324 g/mol. The minimum absolute atomic E-state index is 0.0884. The minimum Gasteiger partial charge on any atom is -0.382 e. The third-order valence-electron chi connectivity index (χ3n) is 3.41. The van der Waals surface area contributed by atoms with Gasteiger partial charge in [0.15, 0.2) is 0 Å². The number of amides is 1. The Balaban J connectivity index is 2.59. The number of hydrogen-bond donors (Lipinski definition) is 1. The van der Waals surface area contributed by atoms with Crippen LogP contribution in [0.1, 0.15) is 6.92 Å². The average molecular weight is 354 g/mol. The number of rotatable bonds is 14. The van der Waals surface area contributed by atoms with Crippen molar-refractivity contribution in [3.05, 3.63) is 24.3 Å². The van der Waals surface area contributed by atoms with Crippen molar-refractivity contribution in [2.45, 2.75) is 6.92 Å². The van der Waals surface area contributed by atoms with Crippen LogP contribution in [-0.2, 0) is 23.7 Å². The molecule has 0 atom stereocenters. The lowest BCUT2D eigenvalue weighted by molar-refractivity contribution is -0.114. The van der Waals surface area contributed by atoms with Gasteiger partial charge in [-0.1, -0.05) is 6.07 Å². The van der Waals surface area contributed by atoms with Crippen molar-refractivity contribution in [2.24, 2.45) is 0 Å². The number of methoxy groups -OCH3 is 2. The molecule has 0 spiro atoms. The number of hydrogen-bond acceptors (Lipinski definition) is 6. The molecule has 0 saturated heterocycles. The highest BCUT2D eigenvalue weighted by atomic mass is 16.5. The van der Waals surface area contributed by atoms with Crippen LogP contribution in [0.15, 0.2) is 24.3 Å². The van der Waals surface area contributed by atoms with Crippen LogP contribution in [0.4, 0.5) is 11.4 Å². The smallest absolute Gasteiger partial charge is 0.221 e. The van der Waals surface area contributed by atoms with Crippen molar-refractivity contribution in [3.63, 3.8) is 0 Å². The number of benzene rings is 1. The van der Waals surface area contributed by atoms with Gasteiger partial charge in [0.1, 0.15) is 0 Å². The molecule has 0 aliphatic rings. The van der Waals surface area contributed by atoms with Crippen LogP contribution < -0.4 is 10.2 Å². The predicted molar refractivity (Wildman–Crippen MR) is 98.3 cm³/mol. The number of ether oxygens (including phenoxy) is 4. The molecular formula is C18H30N2O5. The summed E-state index contributed by atoms with van der Waals surface area (Å²) in [6, 6.07) is 7.75. The van der Waals surface area contributed by atoms with E-state index in [0.717, 1.165) is 24.5 Å². The molecule has 1 amide bonds. The zero-order valence-corrected chi connectivity index (χ0v) is 15.5. The highest BCUT2D eigenvalue weighted by Crippen LogP contribution is 2.19. The van der Waals surface area contributed by atoms with Crippen LogP contribution in [0.5, 0.6) is 0 Å². The van der Waals surface area contributed by atoms with Gasteiger partial charge in [-0.15, -0.1) is 0 Å². The van der Waals surface area contributed by atoms with E-state index in [1.807, 2.05) is 24.3 Å². The van der Waals surface area contributed by atoms with Crippen LogP contribution in [-0.4, -0.2) is 72.9 Å². The van der Waals surface area contributed by atoms with Gasteiger partial charge in [-0.25, -0.2) is 0 Å². The summed E-state index contributed by atoms with van der Waals surface area (Å²) in [4.78, 5) is 13.4. The van der Waals surface area contributed by atoms with Crippen molar-refractivity contribution >= 4 is 17.3 Å². The molecule has 7 heteroatoms. The first-order chi connectivity index (χ1) is 12.2. The summed E-state index contributed by atoms with van der Waals surface area (Å²) < 4.78 is 21.1. The minimum atomic E-state index is -0.0884. The first kappa shape index (κ1) is 21.4. The summed E-state index contributed by atoms with van der Waals surface area (Å²) in [7, 11) is 3.31. The van der Waals surface area contributed by atoms with Gasteiger partial charge in [-0.2, -0.15) is 0 Å². The van der Waals surface area contributed by atoms with Gasteiger partial charge in [-0.05, 0) is 18.2 Å². The van der Waals surface area contributed by atoms with Crippen LogP contribution in [0.2, 0.25) is 0 Å². The Morgan fingerprint density at radius 3 is 2.08 bits per heavy atom. The van der Waals surface area contributed by atoms with E-state index in [9.17, 15) is 4.79 Å². The van der Waals surface area contributed by atoms with E-state index in [-0.39, 0.29) is 5.91 Å². The third kappa shape index (κ3) is 10.0. The molecule has 1 aromatic carbocycles. The molecule has 0 fully saturated rings. The monoisotopic (exact) mass is 354 g/mol. The summed E-state index contributed by atoms with van der Waals surface area (Å²) in [5, 5.41) is 2.81. The van der Waals surface area contributed by atoms with E-state index in [1.54, 1.807) is 14.2 Å². The van der Waals surface area contributed by atoms with Gasteiger partial charge in [0.2, 0.25) is 5.91 Å². The lowest BCUT2D eigenvalue weighted by atomic mass is 10.2. The largest absolute Gasteiger partial charge is 0.382 e. The van der Waals surface area contributed by atoms with Gasteiger partial charge in [0.05, 0.1) is 39.6 Å². The predicted octanol–water partition coefficient (Wildman–Crippen LogP) is 1.78. The Morgan fingerprint density at radius 2 is 1.56 bits per heavy atom. The second-order valence-electron chi connectivity index (χ2n) is 5.43. The Labute approximate surface area is 150 Å². The molecule has 1 rings (SSSR count).